The first-order valence-electron chi connectivity index (χ1n) is 10.4. The molecule has 0 saturated heterocycles. The maximum absolute atomic E-state index is 12.5. The Morgan fingerprint density at radius 3 is 2.61 bits per heavy atom. The first-order valence-corrected chi connectivity index (χ1v) is 11.7. The number of aromatic nitrogens is 3. The Bertz CT molecular complexity index is 1270. The minimum absolute atomic E-state index is 0.161. The monoisotopic (exact) mass is 478 g/mol. The number of carbonyl (C=O) groups is 1. The summed E-state index contributed by atoms with van der Waals surface area (Å²) in [6, 6.07) is 23.0. The van der Waals surface area contributed by atoms with E-state index in [2.05, 4.69) is 21.6 Å². The molecule has 1 amide bonds. The Morgan fingerprint density at radius 1 is 1.03 bits per heavy atom. The number of hydrogen-bond donors (Lipinski definition) is 1. The summed E-state index contributed by atoms with van der Waals surface area (Å²) in [7, 11) is 0. The molecule has 1 aromatic heterocycles. The van der Waals surface area contributed by atoms with Gasteiger partial charge in [0.25, 0.3) is 0 Å². The Morgan fingerprint density at radius 2 is 1.82 bits per heavy atom. The summed E-state index contributed by atoms with van der Waals surface area (Å²) >= 11 is 7.45. The third-order valence-electron chi connectivity index (χ3n) is 4.89. The molecule has 4 rings (SSSR count). The van der Waals surface area contributed by atoms with Gasteiger partial charge in [-0.05, 0) is 55.3 Å². The molecule has 0 aliphatic heterocycles. The average Bonchev–Trinajstić information content (AvgIpc) is 3.21. The first kappa shape index (κ1) is 22.9. The van der Waals surface area contributed by atoms with Crippen molar-refractivity contribution in [3.05, 3.63) is 94.8 Å². The minimum atomic E-state index is -0.176. The van der Waals surface area contributed by atoms with Gasteiger partial charge in [0, 0.05) is 5.69 Å². The lowest BCUT2D eigenvalue weighted by atomic mass is 10.2. The van der Waals surface area contributed by atoms with Crippen LogP contribution >= 0.6 is 23.4 Å². The van der Waals surface area contributed by atoms with Crippen molar-refractivity contribution in [3.8, 4) is 11.4 Å². The second-order valence-corrected chi connectivity index (χ2v) is 8.79. The highest BCUT2D eigenvalue weighted by molar-refractivity contribution is 7.99. The van der Waals surface area contributed by atoms with Crippen molar-refractivity contribution in [2.24, 2.45) is 0 Å². The van der Waals surface area contributed by atoms with Crippen LogP contribution in [0.5, 0.6) is 5.75 Å². The topological polar surface area (TPSA) is 69.0 Å². The van der Waals surface area contributed by atoms with Crippen molar-refractivity contribution in [2.75, 3.05) is 11.1 Å². The summed E-state index contributed by atoms with van der Waals surface area (Å²) in [4.78, 5) is 12.5. The lowest BCUT2D eigenvalue weighted by Gasteiger charge is -2.13. The molecular weight excluding hydrogens is 456 g/mol. The molecule has 168 valence electrons. The van der Waals surface area contributed by atoms with Gasteiger partial charge in [0.2, 0.25) is 5.91 Å². The van der Waals surface area contributed by atoms with Crippen LogP contribution in [0.2, 0.25) is 5.02 Å². The van der Waals surface area contributed by atoms with Crippen LogP contribution in [0.15, 0.2) is 78.0 Å². The fourth-order valence-corrected chi connectivity index (χ4v) is 4.21. The summed E-state index contributed by atoms with van der Waals surface area (Å²) in [5.41, 5.74) is 3.65. The van der Waals surface area contributed by atoms with Crippen LogP contribution < -0.4 is 10.1 Å². The number of hydrogen-bond acceptors (Lipinski definition) is 5. The van der Waals surface area contributed by atoms with Crippen molar-refractivity contribution in [3.63, 3.8) is 0 Å². The summed E-state index contributed by atoms with van der Waals surface area (Å²) in [6.07, 6.45) is 0. The van der Waals surface area contributed by atoms with E-state index in [0.717, 1.165) is 22.6 Å². The predicted molar refractivity (Wildman–Crippen MR) is 132 cm³/mol. The normalized spacial score (nSPS) is 10.8. The van der Waals surface area contributed by atoms with Gasteiger partial charge in [-0.25, -0.2) is 0 Å². The number of para-hydroxylation sites is 2. The molecule has 1 N–H and O–H groups in total. The van der Waals surface area contributed by atoms with Gasteiger partial charge in [-0.3, -0.25) is 9.36 Å². The Labute approximate surface area is 202 Å². The predicted octanol–water partition coefficient (Wildman–Crippen LogP) is 5.85. The van der Waals surface area contributed by atoms with Crippen LogP contribution in [0.1, 0.15) is 17.0 Å². The number of nitrogens with one attached hydrogen (secondary N) is 1. The second-order valence-electron chi connectivity index (χ2n) is 7.44. The number of thioether (sulfide) groups is 1. The number of benzene rings is 3. The Balaban J connectivity index is 1.54. The maximum atomic E-state index is 12.5. The standard InChI is InChI=1S/C25H23ClN4O2S/c1-17-8-7-10-19(14-17)30-23(15-32-22-13-6-3-9-18(22)2)28-29-25(30)33-16-24(31)27-21-12-5-4-11-20(21)26/h3-14H,15-16H2,1-2H3,(H,27,31). The highest BCUT2D eigenvalue weighted by atomic mass is 35.5. The molecule has 1 heterocycles. The van der Waals surface area contributed by atoms with Gasteiger partial charge in [-0.15, -0.1) is 10.2 Å². The van der Waals surface area contributed by atoms with Gasteiger partial charge in [0.05, 0.1) is 16.5 Å². The number of nitrogens with zero attached hydrogens (tertiary/aromatic N) is 3. The number of anilines is 1. The van der Waals surface area contributed by atoms with E-state index < -0.39 is 0 Å². The summed E-state index contributed by atoms with van der Waals surface area (Å²) in [5, 5.41) is 12.6. The van der Waals surface area contributed by atoms with Crippen molar-refractivity contribution in [1.82, 2.24) is 14.8 Å². The van der Waals surface area contributed by atoms with E-state index in [1.54, 1.807) is 12.1 Å². The zero-order valence-corrected chi connectivity index (χ0v) is 19.9. The third-order valence-corrected chi connectivity index (χ3v) is 6.15. The van der Waals surface area contributed by atoms with E-state index >= 15 is 0 Å². The van der Waals surface area contributed by atoms with Crippen LogP contribution in [-0.2, 0) is 11.4 Å². The molecule has 6 nitrogen and oxygen atoms in total. The van der Waals surface area contributed by atoms with Gasteiger partial charge in [0.15, 0.2) is 11.0 Å². The second kappa shape index (κ2) is 10.6. The Hall–Kier alpha value is -3.29. The SMILES string of the molecule is Cc1cccc(-n2c(COc3ccccc3C)nnc2SCC(=O)Nc2ccccc2Cl)c1. The van der Waals surface area contributed by atoms with E-state index in [9.17, 15) is 4.79 Å². The van der Waals surface area contributed by atoms with Gasteiger partial charge in [-0.2, -0.15) is 0 Å². The van der Waals surface area contributed by atoms with Gasteiger partial charge >= 0.3 is 0 Å². The molecule has 0 atom stereocenters. The quantitative estimate of drug-likeness (QED) is 0.322. The van der Waals surface area contributed by atoms with E-state index in [-0.39, 0.29) is 18.3 Å². The van der Waals surface area contributed by atoms with E-state index in [0.29, 0.717) is 21.7 Å². The minimum Gasteiger partial charge on any atom is -0.485 e. The summed E-state index contributed by atoms with van der Waals surface area (Å²) in [5.74, 6) is 1.43. The highest BCUT2D eigenvalue weighted by Gasteiger charge is 2.17. The van der Waals surface area contributed by atoms with E-state index in [1.807, 2.05) is 73.0 Å². The molecule has 0 unspecified atom stereocenters. The van der Waals surface area contributed by atoms with Crippen LogP contribution in [0.25, 0.3) is 5.69 Å². The molecule has 3 aromatic carbocycles. The molecule has 0 radical (unpaired) electrons. The molecule has 0 bridgehead atoms. The molecule has 8 heteroatoms. The number of aryl methyl sites for hydroxylation is 2. The van der Waals surface area contributed by atoms with Crippen LogP contribution in [0, 0.1) is 13.8 Å². The lowest BCUT2D eigenvalue weighted by molar-refractivity contribution is -0.113. The number of carbonyl (C=O) groups excluding carboxylic acids is 1. The fourth-order valence-electron chi connectivity index (χ4n) is 3.25. The van der Waals surface area contributed by atoms with Crippen LogP contribution in [0.3, 0.4) is 0 Å². The lowest BCUT2D eigenvalue weighted by Crippen LogP contribution is -2.15. The van der Waals surface area contributed by atoms with E-state index in [4.69, 9.17) is 16.3 Å². The van der Waals surface area contributed by atoms with Gasteiger partial charge < -0.3 is 10.1 Å². The van der Waals surface area contributed by atoms with Crippen molar-refractivity contribution < 1.29 is 9.53 Å². The first-order chi connectivity index (χ1) is 16.0. The zero-order chi connectivity index (χ0) is 23.2. The molecular formula is C25H23ClN4O2S. The number of rotatable bonds is 8. The Kier molecular flexibility index (Phi) is 7.32. The van der Waals surface area contributed by atoms with Crippen molar-refractivity contribution in [2.45, 2.75) is 25.6 Å². The summed E-state index contributed by atoms with van der Waals surface area (Å²) in [6.45, 7) is 4.28. The number of amides is 1. The fraction of sp³-hybridized carbons (Fsp3) is 0.160. The number of halogens is 1. The molecule has 4 aromatic rings. The summed E-state index contributed by atoms with van der Waals surface area (Å²) < 4.78 is 7.95. The zero-order valence-electron chi connectivity index (χ0n) is 18.3. The molecule has 0 spiro atoms. The number of ether oxygens (including phenoxy) is 1. The van der Waals surface area contributed by atoms with Gasteiger partial charge in [-0.1, -0.05) is 65.8 Å². The molecule has 0 saturated carbocycles. The molecule has 0 fully saturated rings. The van der Waals surface area contributed by atoms with Crippen LogP contribution in [0.4, 0.5) is 5.69 Å². The van der Waals surface area contributed by atoms with Crippen molar-refractivity contribution >= 4 is 35.0 Å². The molecule has 33 heavy (non-hydrogen) atoms. The average molecular weight is 479 g/mol. The third kappa shape index (κ3) is 5.74. The molecule has 0 aliphatic carbocycles. The van der Waals surface area contributed by atoms with Gasteiger partial charge in [0.1, 0.15) is 12.4 Å². The van der Waals surface area contributed by atoms with Crippen molar-refractivity contribution in [1.29, 1.82) is 0 Å². The highest BCUT2D eigenvalue weighted by Crippen LogP contribution is 2.26. The van der Waals surface area contributed by atoms with Crippen LogP contribution in [-0.4, -0.2) is 26.4 Å². The maximum Gasteiger partial charge on any atom is 0.234 e. The van der Waals surface area contributed by atoms with E-state index in [1.165, 1.54) is 11.8 Å². The smallest absolute Gasteiger partial charge is 0.234 e. The molecule has 0 aliphatic rings. The largest absolute Gasteiger partial charge is 0.485 e.